The van der Waals surface area contributed by atoms with Gasteiger partial charge in [-0.3, -0.25) is 9.78 Å². The summed E-state index contributed by atoms with van der Waals surface area (Å²) in [7, 11) is 1.49. The molecule has 9 nitrogen and oxygen atoms in total. The number of phenols is 1. The van der Waals surface area contributed by atoms with E-state index in [-0.39, 0.29) is 24.6 Å². The van der Waals surface area contributed by atoms with Gasteiger partial charge in [0, 0.05) is 18.6 Å². The van der Waals surface area contributed by atoms with E-state index in [4.69, 9.17) is 14.6 Å². The second-order valence-electron chi connectivity index (χ2n) is 11.6. The van der Waals surface area contributed by atoms with Crippen LogP contribution in [0.1, 0.15) is 85.5 Å². The number of ether oxygens (including phenoxy) is 2. The van der Waals surface area contributed by atoms with Crippen LogP contribution in [0.3, 0.4) is 0 Å². The largest absolute Gasteiger partial charge is 0.508 e. The predicted octanol–water partition coefficient (Wildman–Crippen LogP) is 7.58. The van der Waals surface area contributed by atoms with Crippen molar-refractivity contribution in [3.63, 3.8) is 0 Å². The summed E-state index contributed by atoms with van der Waals surface area (Å²) in [4.78, 5) is 28.2. The number of anilines is 1. The van der Waals surface area contributed by atoms with Crippen LogP contribution in [0.4, 0.5) is 18.9 Å². The Balaban J connectivity index is 0.000000324. The van der Waals surface area contributed by atoms with E-state index in [2.05, 4.69) is 15.4 Å². The molecule has 0 aliphatic heterocycles. The van der Waals surface area contributed by atoms with Crippen LogP contribution in [0.2, 0.25) is 0 Å². The number of aromatic nitrogens is 3. The third-order valence-electron chi connectivity index (χ3n) is 6.88. The van der Waals surface area contributed by atoms with Crippen LogP contribution in [0.25, 0.3) is 5.69 Å². The van der Waals surface area contributed by atoms with Crippen LogP contribution in [0.5, 0.6) is 11.5 Å². The molecule has 45 heavy (non-hydrogen) atoms. The molecular weight excluding hydrogens is 589 g/mol. The van der Waals surface area contributed by atoms with Crippen molar-refractivity contribution in [1.29, 1.82) is 0 Å². The maximum atomic E-state index is 13.6. The quantitative estimate of drug-likeness (QED) is 0.220. The van der Waals surface area contributed by atoms with Crippen molar-refractivity contribution in [1.82, 2.24) is 14.8 Å². The molecule has 2 N–H and O–H groups in total. The molecule has 0 spiro atoms. The minimum absolute atomic E-state index is 0. The van der Waals surface area contributed by atoms with Crippen molar-refractivity contribution in [2.75, 3.05) is 12.4 Å². The molecule has 12 heteroatoms. The number of halogens is 3. The van der Waals surface area contributed by atoms with Gasteiger partial charge >= 0.3 is 12.1 Å². The Morgan fingerprint density at radius 2 is 1.76 bits per heavy atom. The fraction of sp³-hybridized carbons (Fsp3) is 0.333. The van der Waals surface area contributed by atoms with Crippen molar-refractivity contribution in [3.8, 4) is 17.2 Å². The zero-order valence-corrected chi connectivity index (χ0v) is 25.6. The summed E-state index contributed by atoms with van der Waals surface area (Å²) >= 11 is 0. The second-order valence-corrected chi connectivity index (χ2v) is 11.6. The molecule has 5 rings (SSSR count). The summed E-state index contributed by atoms with van der Waals surface area (Å²) in [6, 6.07) is 14.0. The maximum absolute atomic E-state index is 13.6. The molecular formula is C33H37F3N4O5. The van der Waals surface area contributed by atoms with E-state index in [9.17, 15) is 22.8 Å². The van der Waals surface area contributed by atoms with Gasteiger partial charge in [0.25, 0.3) is 5.91 Å². The summed E-state index contributed by atoms with van der Waals surface area (Å²) in [6.45, 7) is 7.34. The summed E-state index contributed by atoms with van der Waals surface area (Å²) in [6.07, 6.45) is 0.291. The van der Waals surface area contributed by atoms with Crippen LogP contribution >= 0.6 is 0 Å². The Morgan fingerprint density at radius 3 is 2.40 bits per heavy atom. The number of hydrogen-bond donors (Lipinski definition) is 2. The molecule has 1 aliphatic rings. The number of benzene rings is 2. The summed E-state index contributed by atoms with van der Waals surface area (Å²) in [5.41, 5.74) is 1.08. The molecule has 0 bridgehead atoms. The predicted molar refractivity (Wildman–Crippen MR) is 164 cm³/mol. The lowest BCUT2D eigenvalue weighted by molar-refractivity contribution is -0.142. The Morgan fingerprint density at radius 1 is 1.04 bits per heavy atom. The van der Waals surface area contributed by atoms with Gasteiger partial charge in [-0.25, -0.2) is 9.48 Å². The van der Waals surface area contributed by atoms with Gasteiger partial charge in [-0.15, -0.1) is 0 Å². The maximum Gasteiger partial charge on any atom is 0.435 e. The first-order valence-electron chi connectivity index (χ1n) is 14.3. The van der Waals surface area contributed by atoms with E-state index in [0.717, 1.165) is 6.42 Å². The average Bonchev–Trinajstić information content (AvgIpc) is 3.39. The molecule has 0 saturated heterocycles. The number of hydrogen-bond acceptors (Lipinski definition) is 7. The molecule has 1 unspecified atom stereocenters. The molecule has 2 heterocycles. The third kappa shape index (κ3) is 8.40. The normalized spacial score (nSPS) is 14.4. The highest BCUT2D eigenvalue weighted by atomic mass is 19.4. The SMILES string of the molecule is CC(C)(C)OC(=O)c1ccc(O)cc1.COc1cncc(NC(=O)c2cccc(-n3nc(C(F)(F)F)c4c3C(C)CCC4)c2)c1.[HH]. The number of pyridine rings is 1. The van der Waals surface area contributed by atoms with E-state index in [1.807, 2.05) is 27.7 Å². The molecule has 1 atom stereocenters. The van der Waals surface area contributed by atoms with Gasteiger partial charge in [0.15, 0.2) is 5.69 Å². The Bertz CT molecular complexity index is 1670. The first-order valence-corrected chi connectivity index (χ1v) is 14.3. The lowest BCUT2D eigenvalue weighted by Crippen LogP contribution is -2.23. The van der Waals surface area contributed by atoms with E-state index in [0.29, 0.717) is 46.8 Å². The van der Waals surface area contributed by atoms with Crippen molar-refractivity contribution in [2.24, 2.45) is 0 Å². The van der Waals surface area contributed by atoms with Crippen LogP contribution in [-0.4, -0.2) is 44.5 Å². The van der Waals surface area contributed by atoms with E-state index < -0.39 is 23.4 Å². The minimum Gasteiger partial charge on any atom is -0.508 e. The fourth-order valence-corrected chi connectivity index (χ4v) is 4.88. The molecule has 240 valence electrons. The van der Waals surface area contributed by atoms with Gasteiger partial charge in [0.2, 0.25) is 0 Å². The number of alkyl halides is 3. The van der Waals surface area contributed by atoms with Crippen molar-refractivity contribution >= 4 is 17.6 Å². The zero-order chi connectivity index (χ0) is 32.9. The van der Waals surface area contributed by atoms with Gasteiger partial charge < -0.3 is 19.9 Å². The van der Waals surface area contributed by atoms with Crippen LogP contribution in [0, 0.1) is 0 Å². The van der Waals surface area contributed by atoms with Crippen molar-refractivity contribution in [2.45, 2.75) is 64.7 Å². The molecule has 1 amide bonds. The molecule has 1 aliphatic carbocycles. The lowest BCUT2D eigenvalue weighted by atomic mass is 9.87. The molecule has 0 saturated carbocycles. The smallest absolute Gasteiger partial charge is 0.435 e. The number of rotatable bonds is 5. The number of nitrogens with zero attached hydrogens (tertiary/aromatic N) is 3. The van der Waals surface area contributed by atoms with Gasteiger partial charge in [0.05, 0.1) is 42.1 Å². The average molecular weight is 627 g/mol. The van der Waals surface area contributed by atoms with Crippen molar-refractivity contribution < 1.29 is 38.8 Å². The summed E-state index contributed by atoms with van der Waals surface area (Å²) < 4.78 is 52.3. The van der Waals surface area contributed by atoms with E-state index in [1.54, 1.807) is 24.3 Å². The second kappa shape index (κ2) is 13.4. The number of nitrogens with one attached hydrogen (secondary N) is 1. The van der Waals surface area contributed by atoms with Gasteiger partial charge in [0.1, 0.15) is 17.1 Å². The monoisotopic (exact) mass is 626 g/mol. The van der Waals surface area contributed by atoms with Crippen LogP contribution in [0.15, 0.2) is 67.0 Å². The Kier molecular flexibility index (Phi) is 9.84. The van der Waals surface area contributed by atoms with Gasteiger partial charge in [-0.1, -0.05) is 13.0 Å². The highest BCUT2D eigenvalue weighted by Crippen LogP contribution is 2.40. The first-order chi connectivity index (χ1) is 21.2. The van der Waals surface area contributed by atoms with Gasteiger partial charge in [-0.2, -0.15) is 18.3 Å². The standard InChI is InChI=1S/C22H21F3N4O2.C11H14O3.H2/c1-13-5-3-8-18-19(13)29(28-20(18)22(23,24)25)16-7-4-6-14(9-16)21(30)27-15-10-17(31-2)12-26-11-15;1-11(2,3)14-10(13)8-4-6-9(12)7-5-8;/h4,6-7,9-13H,3,5,8H2,1-2H3,(H,27,30);4-7,12H,1-3H3;1H. The zero-order valence-electron chi connectivity index (χ0n) is 25.6. The van der Waals surface area contributed by atoms with E-state index in [1.165, 1.54) is 54.5 Å². The minimum atomic E-state index is -4.53. The van der Waals surface area contributed by atoms with Crippen molar-refractivity contribution in [3.05, 3.63) is 95.1 Å². The first kappa shape index (κ1) is 33.0. The van der Waals surface area contributed by atoms with E-state index >= 15 is 0 Å². The number of carbonyl (C=O) groups is 2. The number of aromatic hydroxyl groups is 1. The third-order valence-corrected chi connectivity index (χ3v) is 6.88. The highest BCUT2D eigenvalue weighted by Gasteiger charge is 2.41. The molecule has 2 aromatic heterocycles. The van der Waals surface area contributed by atoms with Crippen LogP contribution in [-0.2, 0) is 17.3 Å². The topological polar surface area (TPSA) is 116 Å². The Labute approximate surface area is 260 Å². The Hall–Kier alpha value is -4.87. The summed E-state index contributed by atoms with van der Waals surface area (Å²) in [5, 5.41) is 15.7. The van der Waals surface area contributed by atoms with Crippen LogP contribution < -0.4 is 10.1 Å². The number of amides is 1. The fourth-order valence-electron chi connectivity index (χ4n) is 4.88. The molecule has 2 aromatic carbocycles. The number of methoxy groups -OCH3 is 1. The number of phenolic OH excluding ortho intramolecular Hbond substituents is 1. The number of fused-ring (bicyclic) bond motifs is 1. The molecule has 0 fully saturated rings. The highest BCUT2D eigenvalue weighted by molar-refractivity contribution is 6.04. The summed E-state index contributed by atoms with van der Waals surface area (Å²) in [5.74, 6) is -0.229. The number of esters is 1. The number of carbonyl (C=O) groups excluding carboxylic acids is 2. The molecule has 4 aromatic rings. The lowest BCUT2D eigenvalue weighted by Gasteiger charge is -2.21. The molecule has 0 radical (unpaired) electrons. The van der Waals surface area contributed by atoms with Gasteiger partial charge in [-0.05, 0) is 88.4 Å².